The van der Waals surface area contributed by atoms with Gasteiger partial charge in [-0.15, -0.1) is 0 Å². The average molecular weight is 1800 g/mol. The van der Waals surface area contributed by atoms with E-state index in [4.69, 9.17) is 90.0 Å². The van der Waals surface area contributed by atoms with Crippen LogP contribution in [0.25, 0.3) is 0 Å². The van der Waals surface area contributed by atoms with Gasteiger partial charge in [0.25, 0.3) is 0 Å². The predicted molar refractivity (Wildman–Crippen MR) is 376 cm³/mol. The Hall–Kier alpha value is -4.00. The van der Waals surface area contributed by atoms with Crippen LogP contribution in [0.5, 0.6) is 0 Å². The highest BCUT2D eigenvalue weighted by molar-refractivity contribution is 5.74. The smallest absolute Gasteiger partial charge is 0.217 e. The Labute approximate surface area is 695 Å². The summed E-state index contributed by atoms with van der Waals surface area (Å²) in [6, 6.07) is -7.53. The van der Waals surface area contributed by atoms with Gasteiger partial charge in [-0.2, -0.15) is 0 Å². The molecule has 0 spiro atoms. The summed E-state index contributed by atoms with van der Waals surface area (Å²) in [6.45, 7) is -7.44. The fourth-order valence-corrected chi connectivity index (χ4v) is 15.9. The molecule has 10 heterocycles. The van der Waals surface area contributed by atoms with E-state index in [1.807, 2.05) is 0 Å². The molecule has 50 atom stereocenters. The Morgan fingerprint density at radius 1 is 0.211 bits per heavy atom. The van der Waals surface area contributed by atoms with Crippen molar-refractivity contribution in [2.45, 2.75) is 335 Å². The summed E-state index contributed by atoms with van der Waals surface area (Å²) in [5.74, 6) is -3.70. The first-order valence-corrected chi connectivity index (χ1v) is 39.1. The highest BCUT2D eigenvalue weighted by Gasteiger charge is 2.62. The first-order chi connectivity index (χ1) is 58.2. The van der Waals surface area contributed by atoms with Crippen molar-refractivity contribution in [2.75, 3.05) is 66.1 Å². The van der Waals surface area contributed by atoms with Gasteiger partial charge in [0.2, 0.25) is 23.6 Å². The molecule has 10 aliphatic rings. The van der Waals surface area contributed by atoms with Crippen molar-refractivity contribution < 1.29 is 252 Å². The van der Waals surface area contributed by atoms with Gasteiger partial charge in [0.1, 0.15) is 244 Å². The van der Waals surface area contributed by atoms with Gasteiger partial charge in [-0.05, 0) is 0 Å². The first kappa shape index (κ1) is 101. The van der Waals surface area contributed by atoms with Crippen molar-refractivity contribution >= 4 is 23.6 Å². The molecule has 123 heavy (non-hydrogen) atoms. The quantitative estimate of drug-likeness (QED) is 0.0297. The van der Waals surface area contributed by atoms with Crippen LogP contribution in [0.3, 0.4) is 0 Å². The van der Waals surface area contributed by atoms with Gasteiger partial charge in [-0.25, -0.2) is 0 Å². The number of hydrogen-bond donors (Lipinski definition) is 32. The topological polar surface area (TPSA) is 858 Å². The van der Waals surface area contributed by atoms with Crippen LogP contribution < -0.4 is 21.3 Å². The highest BCUT2D eigenvalue weighted by atomic mass is 16.8. The summed E-state index contributed by atoms with van der Waals surface area (Å²) < 4.78 is 112. The minimum absolute atomic E-state index is 0.801. The lowest BCUT2D eigenvalue weighted by molar-refractivity contribution is -0.399. The molecule has 4 amide bonds. The number of amides is 4. The van der Waals surface area contributed by atoms with Gasteiger partial charge in [0.15, 0.2) is 62.9 Å². The minimum Gasteiger partial charge on any atom is -0.394 e. The maximum Gasteiger partial charge on any atom is 0.217 e. The third-order valence-corrected chi connectivity index (χ3v) is 22.5. The molecule has 10 fully saturated rings. The monoisotopic (exact) mass is 1800 g/mol. The standard InChI is InChI=1S/C68H114N4O51/c1-15(82)69-29-40(93)51(25(11-79)106-59(29)104)116-60-30(70-16(2)83)42(95)53(27(13-81)113-60)118-66-50(103)56(39(92)28(115-66)14-105-63-49(102)55(38(91)24(10-78)108-63)120-68-58(46(99)36(89)22(8-76)112-68)123-65-48(101)44(97)34(87)20(6-74)110-65)121-67-57(45(98)35(88)21(7-75)111-67)122-61-31(71-17(3)84)41(94)52(26(12-80)114-61)117-62-32(72-18(4)85)54(37(90)23(9-77)107-62)119-64-47(100)43(96)33(86)19(5-73)109-64/h19-68,73-81,86-104H,5-14H2,1-4H3,(H,69,82)(H,70,83)(H,71,84)(H,72,85)/t19-,20-,21-,22-,23-,24-,25-,26-,27-,28-,29-,30-,31-,32-,33+,34-,35-,36-,37+,38-,39-,40-,41-,42-,43+,44+,45+,46+,47-,48+,49+,50+,51-,52-,53-,54-,55+,56+,57+,58+,59-,60+,61+,62+,63+,64+,65-,66+,67-,68-/m1/s1. The Kier molecular flexibility index (Phi) is 36.4. The number of rotatable bonds is 32. The lowest BCUT2D eigenvalue weighted by atomic mass is 9.93. The number of hydrogen-bond acceptors (Lipinski definition) is 51. The molecule has 0 bridgehead atoms. The summed E-state index contributed by atoms with van der Waals surface area (Å²) in [4.78, 5) is 51.4. The largest absolute Gasteiger partial charge is 0.394 e. The molecule has 0 unspecified atom stereocenters. The second kappa shape index (κ2) is 44.3. The number of aliphatic hydroxyl groups excluding tert-OH is 28. The molecule has 0 aromatic rings. The molecule has 55 heteroatoms. The number of carbonyl (C=O) groups excluding carboxylic acids is 4. The van der Waals surface area contributed by atoms with Gasteiger partial charge in [-0.3, -0.25) is 19.2 Å². The molecule has 10 aliphatic heterocycles. The molecule has 0 aromatic heterocycles. The zero-order chi connectivity index (χ0) is 90.5. The van der Waals surface area contributed by atoms with Crippen molar-refractivity contribution in [3.05, 3.63) is 0 Å². The zero-order valence-electron chi connectivity index (χ0n) is 65.9. The first-order valence-electron chi connectivity index (χ1n) is 39.1. The average Bonchev–Trinajstić information content (AvgIpc) is 0.748. The van der Waals surface area contributed by atoms with Crippen LogP contribution in [0.1, 0.15) is 27.7 Å². The second-order valence-corrected chi connectivity index (χ2v) is 31.0. The summed E-state index contributed by atoms with van der Waals surface area (Å²) >= 11 is 0. The Morgan fingerprint density at radius 3 is 0.854 bits per heavy atom. The zero-order valence-corrected chi connectivity index (χ0v) is 65.9. The Balaban J connectivity index is 0.967. The fourth-order valence-electron chi connectivity index (χ4n) is 15.9. The van der Waals surface area contributed by atoms with Crippen molar-refractivity contribution in [1.29, 1.82) is 0 Å². The maximum absolute atomic E-state index is 13.2. The molecule has 0 radical (unpaired) electrons. The van der Waals surface area contributed by atoms with Crippen LogP contribution >= 0.6 is 0 Å². The third kappa shape index (κ3) is 22.3. The Bertz CT molecular complexity index is 3310. The van der Waals surface area contributed by atoms with Crippen molar-refractivity contribution in [2.24, 2.45) is 0 Å². The molecule has 32 N–H and O–H groups in total. The highest BCUT2D eigenvalue weighted by Crippen LogP contribution is 2.41. The van der Waals surface area contributed by atoms with E-state index >= 15 is 0 Å². The summed E-state index contributed by atoms with van der Waals surface area (Å²) in [5.41, 5.74) is 0. The third-order valence-electron chi connectivity index (χ3n) is 22.5. The van der Waals surface area contributed by atoms with Crippen LogP contribution in [-0.4, -0.2) is 539 Å². The molecule has 10 saturated heterocycles. The molecule has 0 aromatic carbocycles. The lowest BCUT2D eigenvalue weighted by Gasteiger charge is -2.51. The van der Waals surface area contributed by atoms with Crippen LogP contribution in [-0.2, 0) is 109 Å². The summed E-state index contributed by atoms with van der Waals surface area (Å²) in [6.07, 6.45) is -97.5. The molecule has 10 rings (SSSR count). The number of carbonyl (C=O) groups is 4. The van der Waals surface area contributed by atoms with Crippen molar-refractivity contribution in [3.63, 3.8) is 0 Å². The minimum atomic E-state index is -2.61. The van der Waals surface area contributed by atoms with Gasteiger partial charge in [0.05, 0.1) is 66.1 Å². The van der Waals surface area contributed by atoms with Crippen molar-refractivity contribution in [3.8, 4) is 0 Å². The van der Waals surface area contributed by atoms with Gasteiger partial charge < -0.3 is 254 Å². The van der Waals surface area contributed by atoms with Crippen molar-refractivity contribution in [1.82, 2.24) is 21.3 Å². The molecule has 55 nitrogen and oxygen atoms in total. The van der Waals surface area contributed by atoms with Gasteiger partial charge in [0, 0.05) is 27.7 Å². The molecule has 0 aliphatic carbocycles. The lowest BCUT2D eigenvalue weighted by Crippen LogP contribution is -2.71. The SMILES string of the molecule is CC(=O)N[C@@H]1[C@@H](O)[C@H](O[C@@H]2O[C@H](CO)[C@@H](O[C@@H]3O[C@H](CO[C@H]4O[C@H](CO)[C@@H](O)[C@H](O[C@H]5O[C@H](CO)[C@@H](O)[C@H](O)[C@@H]5O[C@H]5O[C@H](CO)[C@@H](O)[C@H](O)[C@@H]5O)[C@@H]4O)[C@@H](O)[C@H](O[C@H]4O[C@H](CO)[C@@H](O)[C@H](O)[C@@H]4O[C@@H]4O[C@H](CO)[C@@H](O[C@@H]5O[C@H](CO)[C@H](O)[C@H](O[C@@H]6O[C@H](CO)[C@H](O)[C@H](O)[C@H]6O)[C@H]5NC(C)=O)[C@H](O)[C@H]4NC(C)=O)[C@@H]3O)[C@H](O)[C@H]2NC(C)=O)[C@@H](CO)O[C@H]1O. The van der Waals surface area contributed by atoms with E-state index in [0.717, 1.165) is 27.7 Å². The van der Waals surface area contributed by atoms with Crippen LogP contribution in [0.4, 0.5) is 0 Å². The van der Waals surface area contributed by atoms with E-state index in [1.165, 1.54) is 0 Å². The second-order valence-electron chi connectivity index (χ2n) is 31.0. The Morgan fingerprint density at radius 2 is 0.455 bits per heavy atom. The maximum atomic E-state index is 13.2. The van der Waals surface area contributed by atoms with Gasteiger partial charge in [-0.1, -0.05) is 0 Å². The number of ether oxygens (including phenoxy) is 19. The van der Waals surface area contributed by atoms with E-state index in [-0.39, 0.29) is 0 Å². The predicted octanol–water partition coefficient (Wildman–Crippen LogP) is -22.2. The van der Waals surface area contributed by atoms with E-state index < -0.39 is 397 Å². The van der Waals surface area contributed by atoms with Crippen LogP contribution in [0.2, 0.25) is 0 Å². The molecule has 712 valence electrons. The molecule has 0 saturated carbocycles. The van der Waals surface area contributed by atoms with Crippen LogP contribution in [0.15, 0.2) is 0 Å². The van der Waals surface area contributed by atoms with Gasteiger partial charge >= 0.3 is 0 Å². The van der Waals surface area contributed by atoms with E-state index in [9.17, 15) is 162 Å². The summed E-state index contributed by atoms with van der Waals surface area (Å²) in [7, 11) is 0. The summed E-state index contributed by atoms with van der Waals surface area (Å²) in [5, 5.41) is 321. The van der Waals surface area contributed by atoms with Crippen LogP contribution in [0, 0.1) is 0 Å². The molecular formula is C68H114N4O51. The number of aliphatic hydroxyl groups is 28. The van der Waals surface area contributed by atoms with E-state index in [2.05, 4.69) is 21.3 Å². The van der Waals surface area contributed by atoms with E-state index in [1.54, 1.807) is 0 Å². The number of nitrogens with one attached hydrogen (secondary N) is 4. The molecular weight excluding hydrogens is 1690 g/mol. The normalized spacial score (nSPS) is 49.4. The fraction of sp³-hybridized carbons (Fsp3) is 0.941. The van der Waals surface area contributed by atoms with E-state index in [0.29, 0.717) is 0 Å².